The predicted molar refractivity (Wildman–Crippen MR) is 59.5 cm³/mol. The Morgan fingerprint density at radius 3 is 2.50 bits per heavy atom. The SMILES string of the molecule is CCC(O)CNCC(F)(F)c1ccccc1. The van der Waals surface area contributed by atoms with E-state index in [2.05, 4.69) is 5.32 Å². The standard InChI is InChI=1S/C12H17F2NO/c1-2-11(16)8-15-9-12(13,14)10-6-4-3-5-7-10/h3-7,11,15-16H,2,8-9H2,1H3. The zero-order chi connectivity index (χ0) is 12.0. The first-order chi connectivity index (χ1) is 7.56. The Kier molecular flexibility index (Phi) is 4.83. The topological polar surface area (TPSA) is 32.3 Å². The van der Waals surface area contributed by atoms with E-state index in [0.717, 1.165) is 0 Å². The summed E-state index contributed by atoms with van der Waals surface area (Å²) in [4.78, 5) is 0. The Morgan fingerprint density at radius 1 is 1.31 bits per heavy atom. The van der Waals surface area contributed by atoms with Crippen LogP contribution in [0.1, 0.15) is 18.9 Å². The highest BCUT2D eigenvalue weighted by molar-refractivity contribution is 5.20. The summed E-state index contributed by atoms with van der Waals surface area (Å²) >= 11 is 0. The molecular formula is C12H17F2NO. The molecule has 1 atom stereocenters. The van der Waals surface area contributed by atoms with Gasteiger partial charge in [-0.2, -0.15) is 8.78 Å². The van der Waals surface area contributed by atoms with Crippen molar-refractivity contribution in [2.24, 2.45) is 0 Å². The van der Waals surface area contributed by atoms with Gasteiger partial charge in [-0.05, 0) is 6.42 Å². The van der Waals surface area contributed by atoms with E-state index in [9.17, 15) is 13.9 Å². The monoisotopic (exact) mass is 229 g/mol. The van der Waals surface area contributed by atoms with Crippen molar-refractivity contribution in [3.8, 4) is 0 Å². The molecule has 1 rings (SSSR count). The van der Waals surface area contributed by atoms with Crippen LogP contribution in [0.5, 0.6) is 0 Å². The van der Waals surface area contributed by atoms with Crippen LogP contribution in [0.4, 0.5) is 8.78 Å². The number of alkyl halides is 2. The fourth-order valence-electron chi connectivity index (χ4n) is 1.32. The molecule has 0 aliphatic carbocycles. The molecule has 2 N–H and O–H groups in total. The van der Waals surface area contributed by atoms with Gasteiger partial charge in [0, 0.05) is 12.1 Å². The van der Waals surface area contributed by atoms with Gasteiger partial charge in [-0.15, -0.1) is 0 Å². The molecule has 0 saturated carbocycles. The van der Waals surface area contributed by atoms with Crippen LogP contribution in [0.3, 0.4) is 0 Å². The van der Waals surface area contributed by atoms with Gasteiger partial charge >= 0.3 is 0 Å². The zero-order valence-corrected chi connectivity index (χ0v) is 9.29. The lowest BCUT2D eigenvalue weighted by Gasteiger charge is -2.18. The Morgan fingerprint density at radius 2 is 1.94 bits per heavy atom. The molecule has 1 aromatic carbocycles. The van der Waals surface area contributed by atoms with E-state index in [4.69, 9.17) is 0 Å². The Labute approximate surface area is 94.3 Å². The lowest BCUT2D eigenvalue weighted by molar-refractivity contribution is -0.00560. The van der Waals surface area contributed by atoms with E-state index in [1.807, 2.05) is 6.92 Å². The normalized spacial score (nSPS) is 13.8. The second-order valence-electron chi connectivity index (χ2n) is 3.76. The first-order valence-corrected chi connectivity index (χ1v) is 5.38. The van der Waals surface area contributed by atoms with Gasteiger partial charge in [0.1, 0.15) is 0 Å². The molecule has 1 unspecified atom stereocenters. The summed E-state index contributed by atoms with van der Waals surface area (Å²) in [6.45, 7) is 1.55. The molecule has 90 valence electrons. The second kappa shape index (κ2) is 5.92. The fraction of sp³-hybridized carbons (Fsp3) is 0.500. The Balaban J connectivity index is 2.46. The fourth-order valence-corrected chi connectivity index (χ4v) is 1.32. The summed E-state index contributed by atoms with van der Waals surface area (Å²) in [7, 11) is 0. The van der Waals surface area contributed by atoms with Crippen LogP contribution in [0.15, 0.2) is 30.3 Å². The van der Waals surface area contributed by atoms with Crippen molar-refractivity contribution in [1.82, 2.24) is 5.32 Å². The van der Waals surface area contributed by atoms with E-state index in [0.29, 0.717) is 6.42 Å². The number of rotatable bonds is 6. The minimum Gasteiger partial charge on any atom is -0.392 e. The van der Waals surface area contributed by atoms with Gasteiger partial charge in [0.15, 0.2) is 0 Å². The van der Waals surface area contributed by atoms with E-state index in [1.165, 1.54) is 12.1 Å². The van der Waals surface area contributed by atoms with Crippen LogP contribution >= 0.6 is 0 Å². The molecule has 0 aliphatic rings. The van der Waals surface area contributed by atoms with Gasteiger partial charge in [-0.25, -0.2) is 0 Å². The van der Waals surface area contributed by atoms with Crippen LogP contribution in [-0.4, -0.2) is 24.3 Å². The summed E-state index contributed by atoms with van der Waals surface area (Å²) in [6.07, 6.45) is -0.00393. The molecule has 0 radical (unpaired) electrons. The maximum absolute atomic E-state index is 13.6. The van der Waals surface area contributed by atoms with Gasteiger partial charge in [-0.1, -0.05) is 37.3 Å². The summed E-state index contributed by atoms with van der Waals surface area (Å²) in [5.41, 5.74) is -0.00603. The molecule has 16 heavy (non-hydrogen) atoms. The van der Waals surface area contributed by atoms with Gasteiger partial charge in [0.2, 0.25) is 0 Å². The van der Waals surface area contributed by atoms with Gasteiger partial charge < -0.3 is 10.4 Å². The lowest BCUT2D eigenvalue weighted by Crippen LogP contribution is -2.35. The van der Waals surface area contributed by atoms with Crippen LogP contribution in [0, 0.1) is 0 Å². The number of hydrogen-bond acceptors (Lipinski definition) is 2. The van der Waals surface area contributed by atoms with Crippen LogP contribution in [-0.2, 0) is 5.92 Å². The number of aliphatic hydroxyl groups is 1. The van der Waals surface area contributed by atoms with Crippen LogP contribution in [0.2, 0.25) is 0 Å². The third-order valence-corrected chi connectivity index (χ3v) is 2.39. The molecule has 0 fully saturated rings. The third-order valence-electron chi connectivity index (χ3n) is 2.39. The minimum atomic E-state index is -2.89. The van der Waals surface area contributed by atoms with Crippen molar-refractivity contribution in [1.29, 1.82) is 0 Å². The summed E-state index contributed by atoms with van der Waals surface area (Å²) in [6, 6.07) is 7.68. The maximum atomic E-state index is 13.6. The van der Waals surface area contributed by atoms with Crippen molar-refractivity contribution >= 4 is 0 Å². The summed E-state index contributed by atoms with van der Waals surface area (Å²) in [5, 5.41) is 11.8. The van der Waals surface area contributed by atoms with Crippen molar-refractivity contribution in [2.45, 2.75) is 25.4 Å². The highest BCUT2D eigenvalue weighted by Gasteiger charge is 2.30. The first kappa shape index (κ1) is 13.1. The van der Waals surface area contributed by atoms with Crippen molar-refractivity contribution in [2.75, 3.05) is 13.1 Å². The molecule has 0 bridgehead atoms. The van der Waals surface area contributed by atoms with Crippen molar-refractivity contribution in [3.05, 3.63) is 35.9 Å². The van der Waals surface area contributed by atoms with E-state index in [1.54, 1.807) is 18.2 Å². The average molecular weight is 229 g/mol. The molecular weight excluding hydrogens is 212 g/mol. The zero-order valence-electron chi connectivity index (χ0n) is 9.29. The van der Waals surface area contributed by atoms with Gasteiger partial charge in [0.25, 0.3) is 5.92 Å². The highest BCUT2D eigenvalue weighted by Crippen LogP contribution is 2.26. The molecule has 2 nitrogen and oxygen atoms in total. The molecule has 0 heterocycles. The molecule has 1 aromatic rings. The summed E-state index contributed by atoms with van der Waals surface area (Å²) in [5.74, 6) is -2.89. The van der Waals surface area contributed by atoms with Crippen molar-refractivity contribution in [3.63, 3.8) is 0 Å². The van der Waals surface area contributed by atoms with E-state index in [-0.39, 0.29) is 12.1 Å². The Bertz CT molecular complexity index is 303. The minimum absolute atomic E-state index is 0.00603. The maximum Gasteiger partial charge on any atom is 0.285 e. The lowest BCUT2D eigenvalue weighted by atomic mass is 10.1. The quantitative estimate of drug-likeness (QED) is 0.783. The molecule has 0 amide bonds. The first-order valence-electron chi connectivity index (χ1n) is 5.38. The van der Waals surface area contributed by atoms with Crippen LogP contribution < -0.4 is 5.32 Å². The average Bonchev–Trinajstić information content (AvgIpc) is 2.30. The van der Waals surface area contributed by atoms with Gasteiger partial charge in [0.05, 0.1) is 12.6 Å². The third kappa shape index (κ3) is 3.87. The molecule has 0 aromatic heterocycles. The second-order valence-corrected chi connectivity index (χ2v) is 3.76. The van der Waals surface area contributed by atoms with Crippen LogP contribution in [0.25, 0.3) is 0 Å². The number of benzene rings is 1. The number of aliphatic hydroxyl groups excluding tert-OH is 1. The van der Waals surface area contributed by atoms with Crippen molar-refractivity contribution < 1.29 is 13.9 Å². The molecule has 0 spiro atoms. The predicted octanol–water partition coefficient (Wildman–Crippen LogP) is 2.14. The van der Waals surface area contributed by atoms with E-state index < -0.39 is 18.6 Å². The summed E-state index contributed by atoms with van der Waals surface area (Å²) < 4.78 is 27.1. The van der Waals surface area contributed by atoms with E-state index >= 15 is 0 Å². The number of hydrogen-bond donors (Lipinski definition) is 2. The largest absolute Gasteiger partial charge is 0.392 e. The smallest absolute Gasteiger partial charge is 0.285 e. The molecule has 4 heteroatoms. The van der Waals surface area contributed by atoms with Gasteiger partial charge in [-0.3, -0.25) is 0 Å². The number of halogens is 2. The molecule has 0 saturated heterocycles. The molecule has 0 aliphatic heterocycles. The highest BCUT2D eigenvalue weighted by atomic mass is 19.3. The number of nitrogens with one attached hydrogen (secondary N) is 1. The Hall–Kier alpha value is -1.00.